The van der Waals surface area contributed by atoms with E-state index in [1.165, 1.54) is 33.4 Å². The van der Waals surface area contributed by atoms with E-state index in [-0.39, 0.29) is 6.99 Å². The van der Waals surface area contributed by atoms with Gasteiger partial charge < -0.3 is 8.83 Å². The van der Waals surface area contributed by atoms with E-state index in [1.54, 1.807) is 0 Å². The van der Waals surface area contributed by atoms with E-state index in [0.29, 0.717) is 17.5 Å². The van der Waals surface area contributed by atoms with E-state index in [2.05, 4.69) is 130 Å². The van der Waals surface area contributed by atoms with E-state index < -0.39 is 0 Å². The fraction of sp³-hybridized carbons (Fsp3) is 0.0192. The highest BCUT2D eigenvalue weighted by Crippen LogP contribution is 2.71. The highest BCUT2D eigenvalue weighted by Gasteiger charge is 2.21. The molecule has 11 aromatic rings. The SMILES string of the molecule is PPP(P)P.c1ccc(-c2nc(-c3ccccc3)nc(-c3cccc4oc5ccc(-c6cccc7oc8ccc(-c9ccc%10c(c9)Cc9ccccc9-%10)cc8c67)cc5c34)n2)cc1. The monoisotopic (exact) mass is 891 g/mol. The maximum Gasteiger partial charge on any atom is 0.164 e. The molecule has 0 amide bonds. The summed E-state index contributed by atoms with van der Waals surface area (Å²) in [4.78, 5) is 15.1. The number of hydrogen-bond donors (Lipinski definition) is 0. The van der Waals surface area contributed by atoms with Gasteiger partial charge in [-0.3, -0.25) is 0 Å². The molecule has 0 fully saturated rings. The molecule has 10 heteroatoms. The minimum atomic E-state index is 0.226. The van der Waals surface area contributed by atoms with Gasteiger partial charge in [-0.05, 0) is 94.3 Å². The fourth-order valence-corrected chi connectivity index (χ4v) is 8.68. The van der Waals surface area contributed by atoms with Gasteiger partial charge in [0.2, 0.25) is 0 Å². The third kappa shape index (κ3) is 7.27. The van der Waals surface area contributed by atoms with Gasteiger partial charge in [0.25, 0.3) is 0 Å². The van der Waals surface area contributed by atoms with E-state index in [1.807, 2.05) is 72.8 Å². The Labute approximate surface area is 368 Å². The minimum absolute atomic E-state index is 0.226. The largest absolute Gasteiger partial charge is 0.456 e. The number of benzene rings is 8. The van der Waals surface area contributed by atoms with E-state index in [9.17, 15) is 0 Å². The number of rotatable bonds is 6. The van der Waals surface area contributed by atoms with Crippen LogP contribution in [0.2, 0.25) is 0 Å². The smallest absolute Gasteiger partial charge is 0.164 e. The summed E-state index contributed by atoms with van der Waals surface area (Å²) in [7, 11) is 9.24. The summed E-state index contributed by atoms with van der Waals surface area (Å²) >= 11 is 0. The number of aromatic nitrogens is 3. The summed E-state index contributed by atoms with van der Waals surface area (Å²) in [6.07, 6.45) is 0.961. The maximum absolute atomic E-state index is 6.51. The van der Waals surface area contributed by atoms with Crippen LogP contribution in [0.4, 0.5) is 0 Å². The molecule has 4 atom stereocenters. The average molecular weight is 892 g/mol. The lowest BCUT2D eigenvalue weighted by atomic mass is 9.95. The molecule has 12 rings (SSSR count). The fourth-order valence-electron chi connectivity index (χ4n) is 8.68. The third-order valence-corrected chi connectivity index (χ3v) is 23.4. The first-order chi connectivity index (χ1) is 30.5. The topological polar surface area (TPSA) is 65.0 Å². The van der Waals surface area contributed by atoms with E-state index in [0.717, 1.165) is 86.1 Å². The minimum Gasteiger partial charge on any atom is -0.456 e. The lowest BCUT2D eigenvalue weighted by Gasteiger charge is -2.09. The number of hydrogen-bond acceptors (Lipinski definition) is 5. The van der Waals surface area contributed by atoms with Crippen molar-refractivity contribution in [3.63, 3.8) is 0 Å². The molecular formula is C52H38N3O2P5. The molecule has 4 unspecified atom stereocenters. The first kappa shape index (κ1) is 39.4. The Morgan fingerprint density at radius 2 is 0.887 bits per heavy atom. The lowest BCUT2D eigenvalue weighted by molar-refractivity contribution is 0.669. The van der Waals surface area contributed by atoms with Crippen molar-refractivity contribution in [1.82, 2.24) is 15.0 Å². The second kappa shape index (κ2) is 16.7. The molecular weight excluding hydrogens is 853 g/mol. The van der Waals surface area contributed by atoms with Crippen LogP contribution in [0.15, 0.2) is 185 Å². The first-order valence-electron chi connectivity index (χ1n) is 20.2. The van der Waals surface area contributed by atoms with Crippen molar-refractivity contribution in [2.24, 2.45) is 0 Å². The van der Waals surface area contributed by atoms with Gasteiger partial charge >= 0.3 is 0 Å². The Morgan fingerprint density at radius 3 is 1.53 bits per heavy atom. The molecule has 5 nitrogen and oxygen atoms in total. The Kier molecular flexibility index (Phi) is 10.6. The second-order valence-electron chi connectivity index (χ2n) is 15.3. The molecule has 1 aliphatic carbocycles. The van der Waals surface area contributed by atoms with Crippen LogP contribution in [0.5, 0.6) is 0 Å². The van der Waals surface area contributed by atoms with Crippen LogP contribution < -0.4 is 0 Å². The van der Waals surface area contributed by atoms with Gasteiger partial charge in [0.05, 0.1) is 0 Å². The Hall–Kier alpha value is -5.48. The first-order valence-corrected chi connectivity index (χ1v) is 28.5. The van der Waals surface area contributed by atoms with Crippen molar-refractivity contribution in [1.29, 1.82) is 0 Å². The molecule has 0 spiro atoms. The number of fused-ring (bicyclic) bond motifs is 9. The Morgan fingerprint density at radius 1 is 0.403 bits per heavy atom. The zero-order chi connectivity index (χ0) is 41.7. The summed E-state index contributed by atoms with van der Waals surface area (Å²) < 4.78 is 13.0. The van der Waals surface area contributed by atoms with Crippen LogP contribution in [-0.2, 0) is 6.42 Å². The molecule has 0 radical (unpaired) electrons. The molecule has 3 heterocycles. The summed E-state index contributed by atoms with van der Waals surface area (Å²) in [6, 6.07) is 61.2. The average Bonchev–Trinajstić information content (AvgIpc) is 4.02. The molecule has 0 saturated heterocycles. The number of nitrogens with zero attached hydrogens (tertiary/aromatic N) is 3. The highest BCUT2D eigenvalue weighted by atomic mass is 32.8. The van der Waals surface area contributed by atoms with Crippen LogP contribution in [0.25, 0.3) is 111 Å². The second-order valence-corrected chi connectivity index (χ2v) is 29.2. The summed E-state index contributed by atoms with van der Waals surface area (Å²) in [5.41, 5.74) is 16.0. The van der Waals surface area contributed by atoms with Crippen molar-refractivity contribution >= 4 is 85.6 Å². The van der Waals surface area contributed by atoms with Crippen LogP contribution in [0.1, 0.15) is 11.1 Å². The summed E-state index contributed by atoms with van der Waals surface area (Å²) in [5, 5.41) is 4.13. The van der Waals surface area contributed by atoms with Gasteiger partial charge in [-0.2, -0.15) is 0 Å². The Balaban J connectivity index is 0.000000820. The lowest BCUT2D eigenvalue weighted by Crippen LogP contribution is -2.00. The standard InChI is InChI=1S/C52H31N3O2.H7P5/c1-3-11-31(12-4-1)50-53-51(32-13-5-2-6-14-32)55-52(54-50)41-18-10-20-47-49(41)43-30-36(23-26-45(43)57-47)40-17-9-19-46-48(40)42-29-34(22-25-44(42)56-46)33-21-24-39-37(27-33)28-35-15-7-8-16-38(35)39;1-4-5(2)3/h1-27,29-30H,28H2;4H,1-3H2. The molecule has 8 aromatic carbocycles. The molecule has 3 aromatic heterocycles. The molecule has 0 aliphatic heterocycles. The number of furan rings is 2. The molecule has 1 aliphatic rings. The molecule has 0 N–H and O–H groups in total. The van der Waals surface area contributed by atoms with Crippen molar-refractivity contribution in [3.05, 3.63) is 187 Å². The van der Waals surface area contributed by atoms with Crippen molar-refractivity contribution in [2.45, 2.75) is 6.42 Å². The molecule has 298 valence electrons. The van der Waals surface area contributed by atoms with Crippen molar-refractivity contribution in [3.8, 4) is 67.5 Å². The molecule has 0 bridgehead atoms. The van der Waals surface area contributed by atoms with Gasteiger partial charge in [-0.25, -0.2) is 15.0 Å². The third-order valence-electron chi connectivity index (χ3n) is 11.5. The van der Waals surface area contributed by atoms with Gasteiger partial charge in [-0.15, -0.1) is 26.8 Å². The summed E-state index contributed by atoms with van der Waals surface area (Å²) in [6.45, 7) is 0.226. The van der Waals surface area contributed by atoms with E-state index >= 15 is 0 Å². The maximum atomic E-state index is 6.51. The van der Waals surface area contributed by atoms with Gasteiger partial charge in [0, 0.05) is 38.2 Å². The van der Waals surface area contributed by atoms with Crippen LogP contribution in [0, 0.1) is 0 Å². The van der Waals surface area contributed by atoms with Crippen LogP contribution >= 0.6 is 41.7 Å². The van der Waals surface area contributed by atoms with Crippen LogP contribution in [0.3, 0.4) is 0 Å². The highest BCUT2D eigenvalue weighted by molar-refractivity contribution is 8.77. The van der Waals surface area contributed by atoms with Crippen molar-refractivity contribution < 1.29 is 8.83 Å². The summed E-state index contributed by atoms with van der Waals surface area (Å²) in [5.74, 6) is 1.83. The van der Waals surface area contributed by atoms with Crippen LogP contribution in [-0.4, -0.2) is 15.0 Å². The predicted molar refractivity (Wildman–Crippen MR) is 274 cm³/mol. The quantitative estimate of drug-likeness (QED) is 0.156. The zero-order valence-electron chi connectivity index (χ0n) is 33.3. The zero-order valence-corrected chi connectivity index (χ0v) is 38.6. The van der Waals surface area contributed by atoms with Crippen molar-refractivity contribution in [2.75, 3.05) is 0 Å². The molecule has 62 heavy (non-hydrogen) atoms. The molecule has 0 saturated carbocycles. The normalized spacial score (nSPS) is 12.1. The van der Waals surface area contributed by atoms with Gasteiger partial charge in [-0.1, -0.05) is 147 Å². The van der Waals surface area contributed by atoms with Gasteiger partial charge in [0.15, 0.2) is 17.5 Å². The predicted octanol–water partition coefficient (Wildman–Crippen LogP) is 16.0. The van der Waals surface area contributed by atoms with Gasteiger partial charge in [0.1, 0.15) is 22.3 Å². The van der Waals surface area contributed by atoms with E-state index in [4.69, 9.17) is 23.8 Å². The Bertz CT molecular complexity index is 3420.